The summed E-state index contributed by atoms with van der Waals surface area (Å²) in [4.78, 5) is 14.4. The Morgan fingerprint density at radius 3 is 2.74 bits per heavy atom. The molecule has 4 nitrogen and oxygen atoms in total. The van der Waals surface area contributed by atoms with Crippen LogP contribution in [0.4, 0.5) is 10.1 Å². The van der Waals surface area contributed by atoms with Gasteiger partial charge in [-0.05, 0) is 35.9 Å². The summed E-state index contributed by atoms with van der Waals surface area (Å²) in [6, 6.07) is 11.4. The fourth-order valence-electron chi connectivity index (χ4n) is 2.50. The molecule has 2 aromatic carbocycles. The number of carbonyl (C=O) groups is 1. The maximum Gasteiger partial charge on any atom is 0.270 e. The van der Waals surface area contributed by atoms with Crippen molar-refractivity contribution in [2.45, 2.75) is 0 Å². The number of amides is 1. The molecule has 2 aromatic rings. The number of anilines is 1. The van der Waals surface area contributed by atoms with Crippen molar-refractivity contribution in [2.75, 3.05) is 18.6 Å². The predicted molar refractivity (Wildman–Crippen MR) is 111 cm³/mol. The number of carbonyl (C=O) groups excluding carboxylic acids is 1. The Bertz CT molecular complexity index is 943. The van der Waals surface area contributed by atoms with Gasteiger partial charge in [0.2, 0.25) is 0 Å². The summed E-state index contributed by atoms with van der Waals surface area (Å²) >= 11 is 6.40. The maximum atomic E-state index is 14.1. The lowest BCUT2D eigenvalue weighted by atomic mass is 10.1. The molecule has 0 bridgehead atoms. The molecule has 0 aromatic heterocycles. The predicted octanol–water partition coefficient (Wildman–Crippen LogP) is 4.80. The van der Waals surface area contributed by atoms with Crippen LogP contribution >= 0.6 is 24.0 Å². The smallest absolute Gasteiger partial charge is 0.270 e. The standard InChI is InChI=1S/C20H16FNO3S2/c1-3-10-25-16-9-8-13(11-17(16)24-2)12-18-19(23)22(20(26)27-18)15-7-5-4-6-14(15)21/h3-9,11-12H,1,10H2,2H3/b18-12-. The van der Waals surface area contributed by atoms with Gasteiger partial charge in [-0.1, -0.05) is 54.8 Å². The van der Waals surface area contributed by atoms with Gasteiger partial charge in [-0.2, -0.15) is 0 Å². The largest absolute Gasteiger partial charge is 0.493 e. The Kier molecular flexibility index (Phi) is 5.93. The number of ether oxygens (including phenoxy) is 2. The molecule has 3 rings (SSSR count). The van der Waals surface area contributed by atoms with Crippen LogP contribution in [0.2, 0.25) is 0 Å². The SMILES string of the molecule is C=CCOc1ccc(/C=C2\SC(=S)N(c3ccccc3F)C2=O)cc1OC. The first-order valence-electron chi connectivity index (χ1n) is 7.99. The quantitative estimate of drug-likeness (QED) is 0.395. The lowest BCUT2D eigenvalue weighted by Crippen LogP contribution is -2.28. The molecule has 7 heteroatoms. The van der Waals surface area contributed by atoms with Gasteiger partial charge in [0, 0.05) is 0 Å². The van der Waals surface area contributed by atoms with Crippen molar-refractivity contribution < 1.29 is 18.7 Å². The number of hydrogen-bond donors (Lipinski definition) is 0. The number of benzene rings is 2. The van der Waals surface area contributed by atoms with Crippen molar-refractivity contribution in [1.82, 2.24) is 0 Å². The first-order valence-corrected chi connectivity index (χ1v) is 9.22. The molecule has 0 aliphatic carbocycles. The molecular formula is C20H16FNO3S2. The van der Waals surface area contributed by atoms with Gasteiger partial charge in [0.25, 0.3) is 5.91 Å². The third kappa shape index (κ3) is 4.04. The zero-order valence-electron chi connectivity index (χ0n) is 14.5. The Morgan fingerprint density at radius 1 is 1.26 bits per heavy atom. The Morgan fingerprint density at radius 2 is 2.04 bits per heavy atom. The van der Waals surface area contributed by atoms with Crippen molar-refractivity contribution in [3.63, 3.8) is 0 Å². The molecular weight excluding hydrogens is 385 g/mol. The monoisotopic (exact) mass is 401 g/mol. The average Bonchev–Trinajstić information content (AvgIpc) is 2.94. The first kappa shape index (κ1) is 19.1. The molecule has 1 aliphatic heterocycles. The van der Waals surface area contributed by atoms with Gasteiger partial charge in [-0.15, -0.1) is 0 Å². The van der Waals surface area contributed by atoms with Gasteiger partial charge < -0.3 is 9.47 Å². The fraction of sp³-hybridized carbons (Fsp3) is 0.100. The second-order valence-corrected chi connectivity index (χ2v) is 7.15. The third-order valence-electron chi connectivity index (χ3n) is 3.73. The number of halogens is 1. The van der Waals surface area contributed by atoms with Crippen molar-refractivity contribution in [3.05, 3.63) is 71.4 Å². The molecule has 0 unspecified atom stereocenters. The molecule has 0 spiro atoms. The number of para-hydroxylation sites is 1. The van der Waals surface area contributed by atoms with Crippen LogP contribution in [-0.4, -0.2) is 23.9 Å². The Labute approximate surface area is 166 Å². The number of thiocarbonyl (C=S) groups is 1. The summed E-state index contributed by atoms with van der Waals surface area (Å²) in [6.45, 7) is 3.97. The highest BCUT2D eigenvalue weighted by Crippen LogP contribution is 2.38. The minimum atomic E-state index is -0.500. The molecule has 0 radical (unpaired) electrons. The molecule has 0 N–H and O–H groups in total. The highest BCUT2D eigenvalue weighted by atomic mass is 32.2. The van der Waals surface area contributed by atoms with Crippen LogP contribution in [0.3, 0.4) is 0 Å². The highest BCUT2D eigenvalue weighted by Gasteiger charge is 2.34. The van der Waals surface area contributed by atoms with Crippen LogP contribution in [0.5, 0.6) is 11.5 Å². The first-order chi connectivity index (χ1) is 13.0. The van der Waals surface area contributed by atoms with Gasteiger partial charge in [0.15, 0.2) is 15.8 Å². The van der Waals surface area contributed by atoms with Crippen LogP contribution in [0, 0.1) is 5.82 Å². The summed E-state index contributed by atoms with van der Waals surface area (Å²) in [6.07, 6.45) is 3.33. The zero-order valence-corrected chi connectivity index (χ0v) is 16.1. The molecule has 1 heterocycles. The van der Waals surface area contributed by atoms with E-state index in [4.69, 9.17) is 21.7 Å². The summed E-state index contributed by atoms with van der Waals surface area (Å²) in [7, 11) is 1.54. The molecule has 0 saturated carbocycles. The molecule has 1 fully saturated rings. The summed E-state index contributed by atoms with van der Waals surface area (Å²) in [5.74, 6) is 0.255. The molecule has 0 atom stereocenters. The van der Waals surface area contributed by atoms with Crippen LogP contribution < -0.4 is 14.4 Å². The van der Waals surface area contributed by atoms with Crippen LogP contribution in [-0.2, 0) is 4.79 Å². The van der Waals surface area contributed by atoms with Crippen molar-refractivity contribution >= 4 is 46.0 Å². The molecule has 1 amide bonds. The molecule has 1 aliphatic rings. The minimum absolute atomic E-state index is 0.147. The van der Waals surface area contributed by atoms with Crippen molar-refractivity contribution in [2.24, 2.45) is 0 Å². The number of thioether (sulfide) groups is 1. The van der Waals surface area contributed by atoms with E-state index in [0.717, 1.165) is 17.3 Å². The third-order valence-corrected chi connectivity index (χ3v) is 5.03. The van der Waals surface area contributed by atoms with Gasteiger partial charge in [0.05, 0.1) is 17.7 Å². The van der Waals surface area contributed by atoms with E-state index in [-0.39, 0.29) is 15.9 Å². The number of nitrogens with zero attached hydrogens (tertiary/aromatic N) is 1. The number of hydrogen-bond acceptors (Lipinski definition) is 5. The number of rotatable bonds is 6. The van der Waals surface area contributed by atoms with Gasteiger partial charge in [0.1, 0.15) is 12.4 Å². The van der Waals surface area contributed by atoms with E-state index in [1.807, 2.05) is 0 Å². The van der Waals surface area contributed by atoms with E-state index >= 15 is 0 Å². The Hall–Kier alpha value is -2.64. The average molecular weight is 401 g/mol. The van der Waals surface area contributed by atoms with Crippen LogP contribution in [0.15, 0.2) is 60.0 Å². The minimum Gasteiger partial charge on any atom is -0.493 e. The van der Waals surface area contributed by atoms with Gasteiger partial charge in [-0.3, -0.25) is 9.69 Å². The lowest BCUT2D eigenvalue weighted by Gasteiger charge is -2.14. The van der Waals surface area contributed by atoms with Gasteiger partial charge >= 0.3 is 0 Å². The fourth-order valence-corrected chi connectivity index (χ4v) is 3.79. The summed E-state index contributed by atoms with van der Waals surface area (Å²) < 4.78 is 25.2. The zero-order chi connectivity index (χ0) is 19.4. The van der Waals surface area contributed by atoms with E-state index in [9.17, 15) is 9.18 Å². The van der Waals surface area contributed by atoms with Crippen molar-refractivity contribution in [1.29, 1.82) is 0 Å². The summed E-state index contributed by atoms with van der Waals surface area (Å²) in [5.41, 5.74) is 0.890. The second kappa shape index (κ2) is 8.37. The summed E-state index contributed by atoms with van der Waals surface area (Å²) in [5, 5.41) is 0. The highest BCUT2D eigenvalue weighted by molar-refractivity contribution is 8.27. The molecule has 27 heavy (non-hydrogen) atoms. The topological polar surface area (TPSA) is 38.8 Å². The van der Waals surface area contributed by atoms with Crippen molar-refractivity contribution in [3.8, 4) is 11.5 Å². The van der Waals surface area contributed by atoms with E-state index in [1.165, 1.54) is 24.1 Å². The molecule has 138 valence electrons. The van der Waals surface area contributed by atoms with E-state index in [1.54, 1.807) is 42.5 Å². The lowest BCUT2D eigenvalue weighted by molar-refractivity contribution is -0.113. The van der Waals surface area contributed by atoms with E-state index < -0.39 is 5.82 Å². The second-order valence-electron chi connectivity index (χ2n) is 5.48. The van der Waals surface area contributed by atoms with Gasteiger partial charge in [-0.25, -0.2) is 4.39 Å². The van der Waals surface area contributed by atoms with Crippen LogP contribution in [0.25, 0.3) is 6.08 Å². The number of methoxy groups -OCH3 is 1. The Balaban J connectivity index is 1.90. The van der Waals surface area contributed by atoms with E-state index in [0.29, 0.717) is 23.0 Å². The normalized spacial score (nSPS) is 15.3. The van der Waals surface area contributed by atoms with E-state index in [2.05, 4.69) is 6.58 Å². The van der Waals surface area contributed by atoms with Crippen LogP contribution in [0.1, 0.15) is 5.56 Å². The molecule has 1 saturated heterocycles. The maximum absolute atomic E-state index is 14.1.